The van der Waals surface area contributed by atoms with Gasteiger partial charge in [0.15, 0.2) is 11.3 Å². The molecule has 3 aromatic heterocycles. The van der Waals surface area contributed by atoms with Crippen molar-refractivity contribution in [1.82, 2.24) is 19.5 Å². The highest BCUT2D eigenvalue weighted by molar-refractivity contribution is 7.13. The third-order valence-corrected chi connectivity index (χ3v) is 4.42. The molecule has 2 N–H and O–H groups in total. The Morgan fingerprint density at radius 1 is 1.33 bits per heavy atom. The fourth-order valence-corrected chi connectivity index (χ4v) is 2.98. The van der Waals surface area contributed by atoms with Crippen LogP contribution in [0.2, 0.25) is 0 Å². The van der Waals surface area contributed by atoms with Gasteiger partial charge in [-0.2, -0.15) is 0 Å². The molecule has 1 aliphatic rings. The van der Waals surface area contributed by atoms with E-state index in [1.807, 2.05) is 5.38 Å². The molecule has 3 heterocycles. The normalized spacial score (nSPS) is 14.7. The largest absolute Gasteiger partial charge is 0.397 e. The molecule has 4 rings (SSSR count). The summed E-state index contributed by atoms with van der Waals surface area (Å²) in [6.45, 7) is 0.673. The summed E-state index contributed by atoms with van der Waals surface area (Å²) in [4.78, 5) is 25.7. The van der Waals surface area contributed by atoms with E-state index in [9.17, 15) is 4.79 Å². The number of thiazole rings is 1. The van der Waals surface area contributed by atoms with E-state index in [1.165, 1.54) is 11.3 Å². The standard InChI is InChI=1S/C14H13N5OS/c15-9-3-4-16-12-10(9)18-11(13-17-5-6-21-13)14(20)19(12)7-8-1-2-8/h3-6,8H,1-2,7H2,(H2,15,16). The predicted octanol–water partition coefficient (Wildman–Crippen LogP) is 1.91. The highest BCUT2D eigenvalue weighted by Crippen LogP contribution is 2.31. The first-order valence-electron chi connectivity index (χ1n) is 6.79. The molecule has 1 aliphatic carbocycles. The smallest absolute Gasteiger partial charge is 0.281 e. The van der Waals surface area contributed by atoms with Crippen LogP contribution in [0.25, 0.3) is 21.9 Å². The lowest BCUT2D eigenvalue weighted by atomic mass is 10.3. The van der Waals surface area contributed by atoms with Crippen molar-refractivity contribution in [2.24, 2.45) is 5.92 Å². The second kappa shape index (κ2) is 4.63. The van der Waals surface area contributed by atoms with Crippen LogP contribution in [0.15, 0.2) is 28.6 Å². The topological polar surface area (TPSA) is 86.7 Å². The molecular weight excluding hydrogens is 286 g/mol. The van der Waals surface area contributed by atoms with Crippen LogP contribution in [0.3, 0.4) is 0 Å². The molecule has 0 bridgehead atoms. The summed E-state index contributed by atoms with van der Waals surface area (Å²) in [5.41, 5.74) is 7.90. The number of rotatable bonds is 3. The molecule has 0 amide bonds. The molecule has 0 aromatic carbocycles. The number of pyridine rings is 1. The molecule has 106 valence electrons. The lowest BCUT2D eigenvalue weighted by molar-refractivity contribution is 0.620. The summed E-state index contributed by atoms with van der Waals surface area (Å²) >= 11 is 1.40. The number of aromatic nitrogens is 4. The Hall–Kier alpha value is -2.28. The summed E-state index contributed by atoms with van der Waals surface area (Å²) in [5, 5.41) is 2.45. The van der Waals surface area contributed by atoms with Gasteiger partial charge in [-0.15, -0.1) is 11.3 Å². The molecule has 3 aromatic rings. The molecule has 0 atom stereocenters. The minimum Gasteiger partial charge on any atom is -0.397 e. The lowest BCUT2D eigenvalue weighted by Gasteiger charge is -2.11. The molecule has 0 radical (unpaired) electrons. The number of hydrogen-bond acceptors (Lipinski definition) is 6. The minimum atomic E-state index is -0.137. The van der Waals surface area contributed by atoms with Gasteiger partial charge < -0.3 is 5.73 Å². The van der Waals surface area contributed by atoms with Crippen LogP contribution in [-0.4, -0.2) is 19.5 Å². The van der Waals surface area contributed by atoms with Crippen molar-refractivity contribution in [2.45, 2.75) is 19.4 Å². The first-order valence-corrected chi connectivity index (χ1v) is 7.67. The van der Waals surface area contributed by atoms with Crippen molar-refractivity contribution in [2.75, 3.05) is 5.73 Å². The maximum Gasteiger partial charge on any atom is 0.281 e. The Labute approximate surface area is 124 Å². The number of nitrogen functional groups attached to an aromatic ring is 1. The molecule has 1 fully saturated rings. The van der Waals surface area contributed by atoms with Crippen molar-refractivity contribution in [3.05, 3.63) is 34.2 Å². The molecular formula is C14H13N5OS. The van der Waals surface area contributed by atoms with Gasteiger partial charge in [0.05, 0.1) is 5.69 Å². The number of anilines is 1. The zero-order valence-electron chi connectivity index (χ0n) is 11.2. The van der Waals surface area contributed by atoms with Crippen LogP contribution in [0.1, 0.15) is 12.8 Å². The summed E-state index contributed by atoms with van der Waals surface area (Å²) in [6, 6.07) is 1.70. The van der Waals surface area contributed by atoms with E-state index >= 15 is 0 Å². The zero-order chi connectivity index (χ0) is 14.4. The van der Waals surface area contributed by atoms with Gasteiger partial charge in [-0.1, -0.05) is 0 Å². The monoisotopic (exact) mass is 299 g/mol. The predicted molar refractivity (Wildman–Crippen MR) is 82.0 cm³/mol. The van der Waals surface area contributed by atoms with E-state index in [4.69, 9.17) is 5.73 Å². The molecule has 0 aliphatic heterocycles. The van der Waals surface area contributed by atoms with E-state index in [0.717, 1.165) is 12.8 Å². The molecule has 0 saturated heterocycles. The molecule has 7 heteroatoms. The molecule has 1 saturated carbocycles. The first kappa shape index (κ1) is 12.5. The van der Waals surface area contributed by atoms with Crippen molar-refractivity contribution in [3.8, 4) is 10.7 Å². The lowest BCUT2D eigenvalue weighted by Crippen LogP contribution is -2.25. The van der Waals surface area contributed by atoms with Crippen LogP contribution in [-0.2, 0) is 6.54 Å². The third-order valence-electron chi connectivity index (χ3n) is 3.64. The Bertz CT molecular complexity index is 867. The average molecular weight is 299 g/mol. The van der Waals surface area contributed by atoms with Crippen molar-refractivity contribution >= 4 is 28.2 Å². The Morgan fingerprint density at radius 3 is 2.90 bits per heavy atom. The number of nitrogens with zero attached hydrogens (tertiary/aromatic N) is 4. The summed E-state index contributed by atoms with van der Waals surface area (Å²) < 4.78 is 1.70. The van der Waals surface area contributed by atoms with Gasteiger partial charge in [-0.25, -0.2) is 15.0 Å². The average Bonchev–Trinajstić information content (AvgIpc) is 3.13. The van der Waals surface area contributed by atoms with E-state index in [2.05, 4.69) is 15.0 Å². The Balaban J connectivity index is 2.04. The van der Waals surface area contributed by atoms with Gasteiger partial charge >= 0.3 is 0 Å². The third kappa shape index (κ3) is 2.09. The summed E-state index contributed by atoms with van der Waals surface area (Å²) in [6.07, 6.45) is 5.60. The quantitative estimate of drug-likeness (QED) is 0.798. The Kier molecular flexibility index (Phi) is 2.75. The van der Waals surface area contributed by atoms with E-state index in [0.29, 0.717) is 40.0 Å². The fourth-order valence-electron chi connectivity index (χ4n) is 2.36. The van der Waals surface area contributed by atoms with Gasteiger partial charge in [-0.05, 0) is 24.8 Å². The van der Waals surface area contributed by atoms with Crippen LogP contribution < -0.4 is 11.3 Å². The maximum absolute atomic E-state index is 12.7. The van der Waals surface area contributed by atoms with Gasteiger partial charge in [0.1, 0.15) is 10.5 Å². The van der Waals surface area contributed by atoms with Gasteiger partial charge in [0, 0.05) is 24.3 Å². The van der Waals surface area contributed by atoms with Crippen LogP contribution in [0.4, 0.5) is 5.69 Å². The van der Waals surface area contributed by atoms with Crippen molar-refractivity contribution in [1.29, 1.82) is 0 Å². The van der Waals surface area contributed by atoms with Gasteiger partial charge in [-0.3, -0.25) is 9.36 Å². The first-order chi connectivity index (χ1) is 10.2. The number of fused-ring (bicyclic) bond motifs is 1. The second-order valence-electron chi connectivity index (χ2n) is 5.23. The van der Waals surface area contributed by atoms with Crippen molar-refractivity contribution in [3.63, 3.8) is 0 Å². The number of nitrogens with two attached hydrogens (primary N) is 1. The van der Waals surface area contributed by atoms with E-state index < -0.39 is 0 Å². The number of hydrogen-bond donors (Lipinski definition) is 1. The molecule has 0 spiro atoms. The maximum atomic E-state index is 12.7. The van der Waals surface area contributed by atoms with Crippen molar-refractivity contribution < 1.29 is 0 Å². The van der Waals surface area contributed by atoms with Crippen LogP contribution in [0.5, 0.6) is 0 Å². The highest BCUT2D eigenvalue weighted by atomic mass is 32.1. The van der Waals surface area contributed by atoms with Gasteiger partial charge in [0.2, 0.25) is 0 Å². The second-order valence-corrected chi connectivity index (χ2v) is 6.12. The van der Waals surface area contributed by atoms with Crippen LogP contribution >= 0.6 is 11.3 Å². The summed E-state index contributed by atoms with van der Waals surface area (Å²) in [7, 11) is 0. The minimum absolute atomic E-state index is 0.137. The summed E-state index contributed by atoms with van der Waals surface area (Å²) in [5.74, 6) is 0.556. The molecule has 21 heavy (non-hydrogen) atoms. The SMILES string of the molecule is Nc1ccnc2c1nc(-c1nccs1)c(=O)n2CC1CC1. The van der Waals surface area contributed by atoms with E-state index in [1.54, 1.807) is 23.0 Å². The zero-order valence-corrected chi connectivity index (χ0v) is 12.0. The molecule has 6 nitrogen and oxygen atoms in total. The molecule has 0 unspecified atom stereocenters. The van der Waals surface area contributed by atoms with E-state index in [-0.39, 0.29) is 5.56 Å². The highest BCUT2D eigenvalue weighted by Gasteiger charge is 2.25. The van der Waals surface area contributed by atoms with Gasteiger partial charge in [0.25, 0.3) is 5.56 Å². The Morgan fingerprint density at radius 2 is 2.19 bits per heavy atom. The fraction of sp³-hybridized carbons (Fsp3) is 0.286. The van der Waals surface area contributed by atoms with Crippen LogP contribution in [0, 0.1) is 5.92 Å².